The summed E-state index contributed by atoms with van der Waals surface area (Å²) in [5.74, 6) is 0. The number of aryl methyl sites for hydroxylation is 1. The standard InChI is InChI=1S/C16H23ClN4/c1-12-6-5-7-13(10-12)15(18-2)16-14(17)11-19-21(16)9-8-20(3)4/h5-7,10-11,15,18H,8-9H2,1-4H3. The van der Waals surface area contributed by atoms with Crippen LogP contribution >= 0.6 is 11.6 Å². The normalized spacial score (nSPS) is 12.9. The van der Waals surface area contributed by atoms with Crippen molar-refractivity contribution in [3.05, 3.63) is 52.3 Å². The molecule has 1 atom stereocenters. The second-order valence-corrected chi connectivity index (χ2v) is 5.95. The Balaban J connectivity index is 2.35. The number of hydrogen-bond acceptors (Lipinski definition) is 3. The maximum Gasteiger partial charge on any atom is 0.0837 e. The molecule has 1 N–H and O–H groups in total. The lowest BCUT2D eigenvalue weighted by atomic mass is 10.0. The van der Waals surface area contributed by atoms with Crippen LogP contribution in [0, 0.1) is 6.92 Å². The Kier molecular flexibility index (Phi) is 5.39. The van der Waals surface area contributed by atoms with Gasteiger partial charge in [0.2, 0.25) is 0 Å². The van der Waals surface area contributed by atoms with Crippen molar-refractivity contribution in [2.45, 2.75) is 19.5 Å². The number of aromatic nitrogens is 2. The number of likely N-dealkylation sites (N-methyl/N-ethyl adjacent to an activating group) is 1. The number of hydrogen-bond donors (Lipinski definition) is 1. The van der Waals surface area contributed by atoms with Crippen LogP contribution in [0.15, 0.2) is 30.5 Å². The summed E-state index contributed by atoms with van der Waals surface area (Å²) in [4.78, 5) is 2.14. The molecule has 0 amide bonds. The van der Waals surface area contributed by atoms with Gasteiger partial charge in [-0.3, -0.25) is 4.68 Å². The van der Waals surface area contributed by atoms with Gasteiger partial charge < -0.3 is 10.2 Å². The molecule has 1 aromatic carbocycles. The predicted octanol–water partition coefficient (Wildman–Crippen LogP) is 2.72. The van der Waals surface area contributed by atoms with E-state index in [0.29, 0.717) is 5.02 Å². The number of nitrogens with zero attached hydrogens (tertiary/aromatic N) is 3. The smallest absolute Gasteiger partial charge is 0.0837 e. The van der Waals surface area contributed by atoms with Crippen molar-refractivity contribution < 1.29 is 0 Å². The van der Waals surface area contributed by atoms with Gasteiger partial charge in [0, 0.05) is 6.54 Å². The molecule has 1 unspecified atom stereocenters. The van der Waals surface area contributed by atoms with Gasteiger partial charge in [-0.15, -0.1) is 0 Å². The highest BCUT2D eigenvalue weighted by molar-refractivity contribution is 6.31. The van der Waals surface area contributed by atoms with Crippen molar-refractivity contribution in [2.75, 3.05) is 27.7 Å². The quantitative estimate of drug-likeness (QED) is 0.891. The summed E-state index contributed by atoms with van der Waals surface area (Å²) < 4.78 is 1.99. The first-order chi connectivity index (χ1) is 10.0. The number of benzene rings is 1. The van der Waals surface area contributed by atoms with Crippen LogP contribution < -0.4 is 5.32 Å². The van der Waals surface area contributed by atoms with Crippen LogP contribution in [-0.4, -0.2) is 42.4 Å². The number of nitrogens with one attached hydrogen (secondary N) is 1. The average Bonchev–Trinajstić information content (AvgIpc) is 2.79. The van der Waals surface area contributed by atoms with Gasteiger partial charge in [-0.05, 0) is 33.6 Å². The molecule has 0 aliphatic heterocycles. The fraction of sp³-hybridized carbons (Fsp3) is 0.438. The van der Waals surface area contributed by atoms with Crippen molar-refractivity contribution in [3.8, 4) is 0 Å². The zero-order valence-electron chi connectivity index (χ0n) is 13.1. The molecular formula is C16H23ClN4. The maximum absolute atomic E-state index is 6.39. The molecule has 21 heavy (non-hydrogen) atoms. The molecule has 1 aromatic heterocycles. The first kappa shape index (κ1) is 16.0. The first-order valence-corrected chi connectivity index (χ1v) is 7.50. The van der Waals surface area contributed by atoms with Crippen LogP contribution in [-0.2, 0) is 6.54 Å². The minimum Gasteiger partial charge on any atom is -0.308 e. The third kappa shape index (κ3) is 3.84. The van der Waals surface area contributed by atoms with Crippen molar-refractivity contribution in [1.29, 1.82) is 0 Å². The van der Waals surface area contributed by atoms with Gasteiger partial charge in [0.25, 0.3) is 0 Å². The van der Waals surface area contributed by atoms with Crippen molar-refractivity contribution in [3.63, 3.8) is 0 Å². The fourth-order valence-electron chi connectivity index (χ4n) is 2.44. The molecule has 0 saturated heterocycles. The van der Waals surface area contributed by atoms with Crippen LogP contribution in [0.4, 0.5) is 0 Å². The van der Waals surface area contributed by atoms with Crippen LogP contribution in [0.1, 0.15) is 22.9 Å². The highest BCUT2D eigenvalue weighted by Gasteiger charge is 2.20. The van der Waals surface area contributed by atoms with Crippen LogP contribution in [0.5, 0.6) is 0 Å². The lowest BCUT2D eigenvalue weighted by Crippen LogP contribution is -2.25. The second kappa shape index (κ2) is 7.07. The molecule has 0 fully saturated rings. The first-order valence-electron chi connectivity index (χ1n) is 7.12. The van der Waals surface area contributed by atoms with Gasteiger partial charge in [-0.2, -0.15) is 5.10 Å². The van der Waals surface area contributed by atoms with Gasteiger partial charge in [0.15, 0.2) is 0 Å². The molecule has 0 aliphatic carbocycles. The molecule has 4 nitrogen and oxygen atoms in total. The number of halogens is 1. The third-order valence-electron chi connectivity index (χ3n) is 3.53. The largest absolute Gasteiger partial charge is 0.308 e. The molecule has 0 bridgehead atoms. The lowest BCUT2D eigenvalue weighted by molar-refractivity contribution is 0.366. The monoisotopic (exact) mass is 306 g/mol. The average molecular weight is 307 g/mol. The molecular weight excluding hydrogens is 284 g/mol. The van der Waals surface area contributed by atoms with E-state index >= 15 is 0 Å². The summed E-state index contributed by atoms with van der Waals surface area (Å²) >= 11 is 6.39. The highest BCUT2D eigenvalue weighted by Crippen LogP contribution is 2.28. The summed E-state index contributed by atoms with van der Waals surface area (Å²) in [6.07, 6.45) is 1.73. The van der Waals surface area contributed by atoms with Crippen LogP contribution in [0.3, 0.4) is 0 Å². The summed E-state index contributed by atoms with van der Waals surface area (Å²) in [6.45, 7) is 3.84. The van der Waals surface area contributed by atoms with Crippen molar-refractivity contribution in [2.24, 2.45) is 0 Å². The second-order valence-electron chi connectivity index (χ2n) is 5.54. The SMILES string of the molecule is CNC(c1cccc(C)c1)c1c(Cl)cnn1CCN(C)C. The summed E-state index contributed by atoms with van der Waals surface area (Å²) in [6, 6.07) is 8.51. The lowest BCUT2D eigenvalue weighted by Gasteiger charge is -2.20. The van der Waals surface area contributed by atoms with E-state index in [0.717, 1.165) is 18.8 Å². The summed E-state index contributed by atoms with van der Waals surface area (Å²) in [7, 11) is 6.06. The molecule has 1 heterocycles. The van der Waals surface area contributed by atoms with E-state index < -0.39 is 0 Å². The van der Waals surface area contributed by atoms with E-state index in [1.165, 1.54) is 11.1 Å². The molecule has 2 rings (SSSR count). The van der Waals surface area contributed by atoms with E-state index in [1.54, 1.807) is 6.20 Å². The van der Waals surface area contributed by atoms with Crippen LogP contribution in [0.25, 0.3) is 0 Å². The zero-order valence-corrected chi connectivity index (χ0v) is 13.9. The van der Waals surface area contributed by atoms with Gasteiger partial charge in [0.05, 0.1) is 29.5 Å². The Hall–Kier alpha value is -1.36. The van der Waals surface area contributed by atoms with E-state index in [9.17, 15) is 0 Å². The molecule has 0 spiro atoms. The van der Waals surface area contributed by atoms with Crippen molar-refractivity contribution in [1.82, 2.24) is 20.0 Å². The van der Waals surface area contributed by atoms with Crippen LogP contribution in [0.2, 0.25) is 5.02 Å². The predicted molar refractivity (Wildman–Crippen MR) is 87.9 cm³/mol. The van der Waals surface area contributed by atoms with Gasteiger partial charge in [-0.25, -0.2) is 0 Å². The molecule has 0 radical (unpaired) electrons. The molecule has 5 heteroatoms. The highest BCUT2D eigenvalue weighted by atomic mass is 35.5. The van der Waals surface area contributed by atoms with Crippen molar-refractivity contribution >= 4 is 11.6 Å². The number of rotatable bonds is 6. The van der Waals surface area contributed by atoms with E-state index in [2.05, 4.69) is 60.6 Å². The Morgan fingerprint density at radius 3 is 2.76 bits per heavy atom. The Bertz CT molecular complexity index is 592. The van der Waals surface area contributed by atoms with E-state index in [-0.39, 0.29) is 6.04 Å². The Morgan fingerprint density at radius 1 is 1.38 bits per heavy atom. The molecule has 0 saturated carbocycles. The fourth-order valence-corrected chi connectivity index (χ4v) is 2.69. The molecule has 2 aromatic rings. The Morgan fingerprint density at radius 2 is 2.14 bits per heavy atom. The van der Waals surface area contributed by atoms with Gasteiger partial charge >= 0.3 is 0 Å². The summed E-state index contributed by atoms with van der Waals surface area (Å²) in [5.41, 5.74) is 3.46. The Labute approximate surface area is 131 Å². The van der Waals surface area contributed by atoms with E-state index in [1.807, 2.05) is 11.7 Å². The molecule has 0 aliphatic rings. The summed E-state index contributed by atoms with van der Waals surface area (Å²) in [5, 5.41) is 8.48. The zero-order chi connectivity index (χ0) is 15.4. The van der Waals surface area contributed by atoms with E-state index in [4.69, 9.17) is 11.6 Å². The third-order valence-corrected chi connectivity index (χ3v) is 3.82. The topological polar surface area (TPSA) is 33.1 Å². The van der Waals surface area contributed by atoms with Gasteiger partial charge in [0.1, 0.15) is 0 Å². The molecule has 114 valence electrons. The minimum absolute atomic E-state index is 0.0436. The van der Waals surface area contributed by atoms with Gasteiger partial charge in [-0.1, -0.05) is 41.4 Å². The minimum atomic E-state index is 0.0436. The maximum atomic E-state index is 6.39.